The average molecular weight is 263 g/mol. The van der Waals surface area contributed by atoms with Gasteiger partial charge in [0, 0.05) is 13.1 Å². The van der Waals surface area contributed by atoms with Gasteiger partial charge in [0.1, 0.15) is 0 Å². The molecule has 1 aliphatic rings. The maximum atomic E-state index is 12.5. The number of rotatable bonds is 2. The van der Waals surface area contributed by atoms with E-state index in [1.165, 1.54) is 11.3 Å². The number of anilines is 1. The molecule has 1 aromatic rings. The highest BCUT2D eigenvalue weighted by atomic mass is 32.1. The SMILES string of the molecule is O=Cc1ccc(N2CCC(C(F)(F)F)CC2)s1. The second kappa shape index (κ2) is 4.68. The van der Waals surface area contributed by atoms with E-state index in [1.807, 2.05) is 4.90 Å². The summed E-state index contributed by atoms with van der Waals surface area (Å²) in [7, 11) is 0. The highest BCUT2D eigenvalue weighted by molar-refractivity contribution is 7.17. The van der Waals surface area contributed by atoms with E-state index in [2.05, 4.69) is 0 Å². The summed E-state index contributed by atoms with van der Waals surface area (Å²) in [5, 5.41) is 0.882. The average Bonchev–Trinajstić information content (AvgIpc) is 2.76. The van der Waals surface area contributed by atoms with Crippen molar-refractivity contribution in [3.05, 3.63) is 17.0 Å². The van der Waals surface area contributed by atoms with E-state index in [-0.39, 0.29) is 12.8 Å². The van der Waals surface area contributed by atoms with Crippen LogP contribution in [0.1, 0.15) is 22.5 Å². The van der Waals surface area contributed by atoms with Crippen LogP contribution < -0.4 is 4.90 Å². The molecule has 0 atom stereocenters. The largest absolute Gasteiger partial charge is 0.391 e. The molecular formula is C11H12F3NOS. The van der Waals surface area contributed by atoms with Gasteiger partial charge in [0.25, 0.3) is 0 Å². The van der Waals surface area contributed by atoms with E-state index >= 15 is 0 Å². The Labute approximate surface area is 101 Å². The van der Waals surface area contributed by atoms with E-state index in [9.17, 15) is 18.0 Å². The third-order valence-corrected chi connectivity index (χ3v) is 4.07. The van der Waals surface area contributed by atoms with Crippen LogP contribution in [0.3, 0.4) is 0 Å². The van der Waals surface area contributed by atoms with Gasteiger partial charge in [-0.15, -0.1) is 11.3 Å². The van der Waals surface area contributed by atoms with Gasteiger partial charge < -0.3 is 4.90 Å². The second-order valence-electron chi connectivity index (χ2n) is 4.10. The van der Waals surface area contributed by atoms with E-state index in [0.29, 0.717) is 18.0 Å². The van der Waals surface area contributed by atoms with Gasteiger partial charge >= 0.3 is 6.18 Å². The Bertz CT molecular complexity index is 394. The zero-order valence-corrected chi connectivity index (χ0v) is 9.85. The summed E-state index contributed by atoms with van der Waals surface area (Å²) in [5.41, 5.74) is 0. The van der Waals surface area contributed by atoms with Gasteiger partial charge in [-0.1, -0.05) is 0 Å². The van der Waals surface area contributed by atoms with Gasteiger partial charge in [-0.2, -0.15) is 13.2 Å². The molecule has 0 bridgehead atoms. The molecule has 2 nitrogen and oxygen atoms in total. The number of aldehydes is 1. The molecule has 1 fully saturated rings. The van der Waals surface area contributed by atoms with Crippen LogP contribution in [0, 0.1) is 5.92 Å². The first-order valence-corrected chi connectivity index (χ1v) is 6.19. The first-order valence-electron chi connectivity index (χ1n) is 5.37. The van der Waals surface area contributed by atoms with Crippen LogP contribution in [0.15, 0.2) is 12.1 Å². The van der Waals surface area contributed by atoms with Gasteiger partial charge in [0.15, 0.2) is 6.29 Å². The maximum absolute atomic E-state index is 12.5. The molecule has 0 saturated carbocycles. The van der Waals surface area contributed by atoms with E-state index in [0.717, 1.165) is 11.3 Å². The van der Waals surface area contributed by atoms with Crippen LogP contribution in [0.5, 0.6) is 0 Å². The maximum Gasteiger partial charge on any atom is 0.391 e. The van der Waals surface area contributed by atoms with Crippen molar-refractivity contribution in [1.82, 2.24) is 0 Å². The first kappa shape index (κ1) is 12.4. The van der Waals surface area contributed by atoms with Crippen LogP contribution in [0.4, 0.5) is 18.2 Å². The molecule has 1 aliphatic heterocycles. The predicted octanol–water partition coefficient (Wildman–Crippen LogP) is 3.34. The lowest BCUT2D eigenvalue weighted by Crippen LogP contribution is -2.38. The summed E-state index contributed by atoms with van der Waals surface area (Å²) in [5.74, 6) is -1.18. The van der Waals surface area contributed by atoms with Crippen molar-refractivity contribution >= 4 is 22.6 Å². The predicted molar refractivity (Wildman–Crippen MR) is 60.7 cm³/mol. The number of halogens is 3. The summed E-state index contributed by atoms with van der Waals surface area (Å²) in [6.45, 7) is 0.811. The summed E-state index contributed by atoms with van der Waals surface area (Å²) in [6, 6.07) is 3.49. The number of hydrogen-bond acceptors (Lipinski definition) is 3. The molecule has 2 rings (SSSR count). The standard InChI is InChI=1S/C11H12F3NOS/c12-11(13,14)8-3-5-15(6-4-8)10-2-1-9(7-16)17-10/h1-2,7-8H,3-6H2. The molecule has 2 heterocycles. The zero-order valence-electron chi connectivity index (χ0n) is 9.04. The monoisotopic (exact) mass is 263 g/mol. The zero-order chi connectivity index (χ0) is 12.5. The molecule has 1 aromatic heterocycles. The lowest BCUT2D eigenvalue weighted by molar-refractivity contribution is -0.179. The smallest absolute Gasteiger partial charge is 0.363 e. The molecule has 6 heteroatoms. The van der Waals surface area contributed by atoms with E-state index in [1.54, 1.807) is 12.1 Å². The van der Waals surface area contributed by atoms with Crippen LogP contribution in [-0.2, 0) is 0 Å². The third kappa shape index (κ3) is 2.80. The number of carbonyl (C=O) groups excluding carboxylic acids is 1. The van der Waals surface area contributed by atoms with Crippen LogP contribution in [0.25, 0.3) is 0 Å². The van der Waals surface area contributed by atoms with Crippen LogP contribution >= 0.6 is 11.3 Å². The highest BCUT2D eigenvalue weighted by Gasteiger charge is 2.41. The number of carbonyl (C=O) groups is 1. The Balaban J connectivity index is 1.97. The van der Waals surface area contributed by atoms with E-state index < -0.39 is 12.1 Å². The van der Waals surface area contributed by atoms with Crippen molar-refractivity contribution in [2.24, 2.45) is 5.92 Å². The lowest BCUT2D eigenvalue weighted by Gasteiger charge is -2.33. The number of alkyl halides is 3. The van der Waals surface area contributed by atoms with Gasteiger partial charge in [-0.3, -0.25) is 4.79 Å². The fourth-order valence-electron chi connectivity index (χ4n) is 2.00. The Hall–Kier alpha value is -1.04. The van der Waals surface area contributed by atoms with Gasteiger partial charge in [0.05, 0.1) is 15.8 Å². The third-order valence-electron chi connectivity index (χ3n) is 3.00. The topological polar surface area (TPSA) is 20.3 Å². The number of piperidine rings is 1. The molecule has 0 unspecified atom stereocenters. The van der Waals surface area contributed by atoms with Crippen molar-refractivity contribution in [2.45, 2.75) is 19.0 Å². The minimum Gasteiger partial charge on any atom is -0.363 e. The van der Waals surface area contributed by atoms with Gasteiger partial charge in [0.2, 0.25) is 0 Å². The normalized spacial score (nSPS) is 18.4. The molecule has 0 spiro atoms. The lowest BCUT2D eigenvalue weighted by atomic mass is 9.96. The fraction of sp³-hybridized carbons (Fsp3) is 0.545. The molecule has 17 heavy (non-hydrogen) atoms. The number of nitrogens with zero attached hydrogens (tertiary/aromatic N) is 1. The van der Waals surface area contributed by atoms with Crippen molar-refractivity contribution in [3.8, 4) is 0 Å². The van der Waals surface area contributed by atoms with Crippen LogP contribution in [-0.4, -0.2) is 25.6 Å². The van der Waals surface area contributed by atoms with Crippen molar-refractivity contribution in [3.63, 3.8) is 0 Å². The molecule has 0 aromatic carbocycles. The van der Waals surface area contributed by atoms with Gasteiger partial charge in [-0.25, -0.2) is 0 Å². The number of hydrogen-bond donors (Lipinski definition) is 0. The van der Waals surface area contributed by atoms with Crippen molar-refractivity contribution < 1.29 is 18.0 Å². The summed E-state index contributed by atoms with van der Waals surface area (Å²) in [4.78, 5) is 13.1. The fourth-order valence-corrected chi connectivity index (χ4v) is 2.88. The quantitative estimate of drug-likeness (QED) is 0.763. The molecule has 0 aliphatic carbocycles. The summed E-state index contributed by atoms with van der Waals surface area (Å²) < 4.78 is 37.4. The summed E-state index contributed by atoms with van der Waals surface area (Å²) >= 11 is 1.32. The Kier molecular flexibility index (Phi) is 3.42. The Morgan fingerprint density at radius 1 is 1.29 bits per heavy atom. The minimum atomic E-state index is -4.07. The molecular weight excluding hydrogens is 251 g/mol. The van der Waals surface area contributed by atoms with Crippen molar-refractivity contribution in [2.75, 3.05) is 18.0 Å². The summed E-state index contributed by atoms with van der Waals surface area (Å²) in [6.07, 6.45) is -3.04. The Morgan fingerprint density at radius 3 is 2.41 bits per heavy atom. The molecule has 0 amide bonds. The van der Waals surface area contributed by atoms with E-state index in [4.69, 9.17) is 0 Å². The van der Waals surface area contributed by atoms with Crippen molar-refractivity contribution in [1.29, 1.82) is 0 Å². The minimum absolute atomic E-state index is 0.137. The first-order chi connectivity index (χ1) is 8.00. The second-order valence-corrected chi connectivity index (χ2v) is 5.19. The number of thiophene rings is 1. The van der Waals surface area contributed by atoms with Gasteiger partial charge in [-0.05, 0) is 25.0 Å². The molecule has 1 saturated heterocycles. The molecule has 0 N–H and O–H groups in total. The molecule has 0 radical (unpaired) electrons. The Morgan fingerprint density at radius 2 is 1.94 bits per heavy atom. The molecule has 94 valence electrons. The van der Waals surface area contributed by atoms with Crippen LogP contribution in [0.2, 0.25) is 0 Å². The highest BCUT2D eigenvalue weighted by Crippen LogP contribution is 2.36.